The summed E-state index contributed by atoms with van der Waals surface area (Å²) >= 11 is 0. The molecular formula is C29H50O3. The standard InChI is InChI=1S/C29H50O3/c1-20(2)12-9-13-21(3)14-10-15-22(4)16-11-18-29(8,32)19-17-26-25(7)27(30)23(5)24(6)28(26)31/h20-22,32H,9-19H2,1-8H3/t21?,22?,29-/m1/s1. The van der Waals surface area contributed by atoms with E-state index >= 15 is 0 Å². The Morgan fingerprint density at radius 2 is 1.16 bits per heavy atom. The average molecular weight is 447 g/mol. The Hall–Kier alpha value is -1.22. The van der Waals surface area contributed by atoms with Crippen LogP contribution in [0.1, 0.15) is 126 Å². The van der Waals surface area contributed by atoms with Gasteiger partial charge in [0.05, 0.1) is 5.60 Å². The summed E-state index contributed by atoms with van der Waals surface area (Å²) in [5.41, 5.74) is 1.46. The lowest BCUT2D eigenvalue weighted by atomic mass is 9.81. The van der Waals surface area contributed by atoms with Crippen molar-refractivity contribution in [3.05, 3.63) is 22.3 Å². The molecule has 3 nitrogen and oxygen atoms in total. The molecule has 184 valence electrons. The molecule has 0 amide bonds. The smallest absolute Gasteiger partial charge is 0.185 e. The number of hydrogen-bond donors (Lipinski definition) is 1. The third-order valence-corrected chi connectivity index (χ3v) is 7.51. The molecule has 1 aliphatic carbocycles. The molecule has 0 bridgehead atoms. The van der Waals surface area contributed by atoms with Gasteiger partial charge in [-0.25, -0.2) is 0 Å². The summed E-state index contributed by atoms with van der Waals surface area (Å²) in [6.07, 6.45) is 11.8. The Balaban J connectivity index is 2.32. The van der Waals surface area contributed by atoms with Crippen molar-refractivity contribution in [3.8, 4) is 0 Å². The van der Waals surface area contributed by atoms with Gasteiger partial charge in [-0.1, -0.05) is 79.1 Å². The normalized spacial score (nSPS) is 19.1. The van der Waals surface area contributed by atoms with Crippen molar-refractivity contribution >= 4 is 11.6 Å². The summed E-state index contributed by atoms with van der Waals surface area (Å²) in [4.78, 5) is 24.9. The number of hydrogen-bond acceptors (Lipinski definition) is 3. The lowest BCUT2D eigenvalue weighted by Crippen LogP contribution is -2.27. The number of ketones is 2. The zero-order chi connectivity index (χ0) is 24.5. The molecule has 1 rings (SSSR count). The SMILES string of the molecule is CC1=C(C)C(=O)C(CC[C@](C)(O)CCCC(C)CCCC(C)CCCC(C)C)=C(C)C1=O. The van der Waals surface area contributed by atoms with Gasteiger partial charge in [0, 0.05) is 22.3 Å². The second-order valence-electron chi connectivity index (χ2n) is 11.4. The van der Waals surface area contributed by atoms with E-state index in [9.17, 15) is 14.7 Å². The van der Waals surface area contributed by atoms with E-state index in [1.807, 2.05) is 6.92 Å². The molecule has 0 aromatic carbocycles. The van der Waals surface area contributed by atoms with Crippen molar-refractivity contribution in [2.24, 2.45) is 17.8 Å². The second kappa shape index (κ2) is 13.5. The van der Waals surface area contributed by atoms with E-state index in [4.69, 9.17) is 0 Å². The van der Waals surface area contributed by atoms with Crippen LogP contribution >= 0.6 is 0 Å². The minimum absolute atomic E-state index is 0.0255. The Morgan fingerprint density at radius 3 is 1.69 bits per heavy atom. The van der Waals surface area contributed by atoms with Gasteiger partial charge >= 0.3 is 0 Å². The van der Waals surface area contributed by atoms with Gasteiger partial charge in [0.2, 0.25) is 0 Å². The molecule has 2 unspecified atom stereocenters. The highest BCUT2D eigenvalue weighted by Crippen LogP contribution is 2.31. The minimum Gasteiger partial charge on any atom is -0.390 e. The Labute approximate surface area is 198 Å². The zero-order valence-electron chi connectivity index (χ0n) is 22.3. The molecule has 0 saturated heterocycles. The molecule has 0 spiro atoms. The maximum absolute atomic E-state index is 12.6. The molecule has 0 aromatic rings. The van der Waals surface area contributed by atoms with Crippen molar-refractivity contribution < 1.29 is 14.7 Å². The van der Waals surface area contributed by atoms with Crippen LogP contribution in [0, 0.1) is 17.8 Å². The highest BCUT2D eigenvalue weighted by molar-refractivity contribution is 6.24. The van der Waals surface area contributed by atoms with Crippen LogP contribution in [0.15, 0.2) is 22.3 Å². The lowest BCUT2D eigenvalue weighted by Gasteiger charge is -2.26. The maximum atomic E-state index is 12.6. The maximum Gasteiger partial charge on any atom is 0.185 e. The molecular weight excluding hydrogens is 396 g/mol. The third-order valence-electron chi connectivity index (χ3n) is 7.51. The van der Waals surface area contributed by atoms with Gasteiger partial charge in [0.25, 0.3) is 0 Å². The van der Waals surface area contributed by atoms with Crippen LogP contribution in [0.25, 0.3) is 0 Å². The summed E-state index contributed by atoms with van der Waals surface area (Å²) < 4.78 is 0. The van der Waals surface area contributed by atoms with Gasteiger partial charge in [-0.05, 0) is 64.7 Å². The van der Waals surface area contributed by atoms with E-state index in [0.717, 1.165) is 31.1 Å². The van der Waals surface area contributed by atoms with Gasteiger partial charge in [-0.3, -0.25) is 9.59 Å². The minimum atomic E-state index is -0.800. The Bertz CT molecular complexity index is 693. The van der Waals surface area contributed by atoms with Gasteiger partial charge in [-0.2, -0.15) is 0 Å². The summed E-state index contributed by atoms with van der Waals surface area (Å²) in [5.74, 6) is 2.28. The largest absolute Gasteiger partial charge is 0.390 e. The van der Waals surface area contributed by atoms with Crippen LogP contribution in [-0.2, 0) is 9.59 Å². The van der Waals surface area contributed by atoms with Gasteiger partial charge in [-0.15, -0.1) is 0 Å². The fourth-order valence-corrected chi connectivity index (χ4v) is 4.79. The van der Waals surface area contributed by atoms with E-state index < -0.39 is 5.60 Å². The summed E-state index contributed by atoms with van der Waals surface area (Å²) in [7, 11) is 0. The van der Waals surface area contributed by atoms with Crippen LogP contribution in [0.5, 0.6) is 0 Å². The molecule has 0 aromatic heterocycles. The fourth-order valence-electron chi connectivity index (χ4n) is 4.79. The van der Waals surface area contributed by atoms with Gasteiger partial charge < -0.3 is 5.11 Å². The molecule has 0 fully saturated rings. The molecule has 3 heteroatoms. The number of rotatable bonds is 15. The van der Waals surface area contributed by atoms with E-state index in [2.05, 4.69) is 27.7 Å². The van der Waals surface area contributed by atoms with E-state index in [1.165, 1.54) is 38.5 Å². The van der Waals surface area contributed by atoms with Crippen molar-refractivity contribution in [3.63, 3.8) is 0 Å². The molecule has 0 radical (unpaired) electrons. The van der Waals surface area contributed by atoms with E-state index in [-0.39, 0.29) is 11.6 Å². The Kier molecular flexibility index (Phi) is 12.1. The van der Waals surface area contributed by atoms with Crippen LogP contribution in [-0.4, -0.2) is 22.3 Å². The molecule has 0 saturated carbocycles. The lowest BCUT2D eigenvalue weighted by molar-refractivity contribution is -0.116. The summed E-state index contributed by atoms with van der Waals surface area (Å²) in [6.45, 7) is 16.4. The van der Waals surface area contributed by atoms with Crippen molar-refractivity contribution in [1.82, 2.24) is 0 Å². The van der Waals surface area contributed by atoms with E-state index in [1.54, 1.807) is 20.8 Å². The first kappa shape index (κ1) is 28.8. The number of carbonyl (C=O) groups is 2. The van der Waals surface area contributed by atoms with Gasteiger partial charge in [0.15, 0.2) is 11.6 Å². The third kappa shape index (κ3) is 9.73. The summed E-state index contributed by atoms with van der Waals surface area (Å²) in [5, 5.41) is 10.9. The highest BCUT2D eigenvalue weighted by Gasteiger charge is 2.29. The quantitative estimate of drug-likeness (QED) is 0.261. The molecule has 32 heavy (non-hydrogen) atoms. The van der Waals surface area contributed by atoms with Crippen molar-refractivity contribution in [2.75, 3.05) is 0 Å². The van der Waals surface area contributed by atoms with Crippen LogP contribution in [0.3, 0.4) is 0 Å². The average Bonchev–Trinajstić information content (AvgIpc) is 2.70. The highest BCUT2D eigenvalue weighted by atomic mass is 16.3. The van der Waals surface area contributed by atoms with Crippen LogP contribution < -0.4 is 0 Å². The predicted molar refractivity (Wildman–Crippen MR) is 136 cm³/mol. The topological polar surface area (TPSA) is 54.4 Å². The number of Topliss-reactive ketones (excluding diaryl/α,β-unsaturated/α-hetero) is 2. The number of carbonyl (C=O) groups excluding carboxylic acids is 2. The van der Waals surface area contributed by atoms with Crippen molar-refractivity contribution in [2.45, 2.75) is 132 Å². The van der Waals surface area contributed by atoms with E-state index in [0.29, 0.717) is 41.1 Å². The first-order chi connectivity index (χ1) is 14.9. The summed E-state index contributed by atoms with van der Waals surface area (Å²) in [6, 6.07) is 0. The predicted octanol–water partition coefficient (Wildman–Crippen LogP) is 7.76. The first-order valence-corrected chi connectivity index (χ1v) is 13.0. The first-order valence-electron chi connectivity index (χ1n) is 13.0. The second-order valence-corrected chi connectivity index (χ2v) is 11.4. The van der Waals surface area contributed by atoms with Crippen LogP contribution in [0.2, 0.25) is 0 Å². The number of aliphatic hydroxyl groups is 1. The number of allylic oxidation sites excluding steroid dienone is 4. The fraction of sp³-hybridized carbons (Fsp3) is 0.793. The molecule has 1 aliphatic rings. The molecule has 0 aliphatic heterocycles. The van der Waals surface area contributed by atoms with Crippen LogP contribution in [0.4, 0.5) is 0 Å². The Morgan fingerprint density at radius 1 is 0.688 bits per heavy atom. The zero-order valence-corrected chi connectivity index (χ0v) is 22.3. The monoisotopic (exact) mass is 446 g/mol. The van der Waals surface area contributed by atoms with Crippen molar-refractivity contribution in [1.29, 1.82) is 0 Å². The molecule has 0 heterocycles. The molecule has 3 atom stereocenters. The van der Waals surface area contributed by atoms with Gasteiger partial charge in [0.1, 0.15) is 0 Å². The molecule has 1 N–H and O–H groups in total.